The number of methoxy groups -OCH3 is 1. The van der Waals surface area contributed by atoms with E-state index >= 15 is 0 Å². The lowest BCUT2D eigenvalue weighted by molar-refractivity contribution is -0.146. The number of nitrogens with zero attached hydrogens (tertiary/aromatic N) is 1. The van der Waals surface area contributed by atoms with E-state index in [1.807, 2.05) is 36.4 Å². The van der Waals surface area contributed by atoms with Crippen molar-refractivity contribution in [2.75, 3.05) is 13.7 Å². The van der Waals surface area contributed by atoms with Crippen molar-refractivity contribution in [3.8, 4) is 0 Å². The van der Waals surface area contributed by atoms with E-state index in [4.69, 9.17) is 9.47 Å². The molecule has 0 radical (unpaired) electrons. The molecule has 0 fully saturated rings. The van der Waals surface area contributed by atoms with E-state index < -0.39 is 23.9 Å². The minimum Gasteiger partial charge on any atom is -0.467 e. The Balaban J connectivity index is 2.05. The third-order valence-corrected chi connectivity index (χ3v) is 4.56. The van der Waals surface area contributed by atoms with Gasteiger partial charge in [0.25, 0.3) is 0 Å². The summed E-state index contributed by atoms with van der Waals surface area (Å²) in [7, 11) is 1.32. The minimum absolute atomic E-state index is 0.201. The fourth-order valence-electron chi connectivity index (χ4n) is 3.02. The van der Waals surface area contributed by atoms with Crippen molar-refractivity contribution in [2.45, 2.75) is 32.2 Å². The van der Waals surface area contributed by atoms with Gasteiger partial charge in [-0.25, -0.2) is 4.79 Å². The zero-order chi connectivity index (χ0) is 21.8. The van der Waals surface area contributed by atoms with Gasteiger partial charge in [-0.1, -0.05) is 60.7 Å². The number of rotatable bonds is 11. The molecule has 2 atom stereocenters. The van der Waals surface area contributed by atoms with Crippen LogP contribution in [0.2, 0.25) is 0 Å². The summed E-state index contributed by atoms with van der Waals surface area (Å²) in [6.45, 7) is 1.90. The summed E-state index contributed by atoms with van der Waals surface area (Å²) in [4.78, 5) is 41.5. The third-order valence-electron chi connectivity index (χ3n) is 4.56. The van der Waals surface area contributed by atoms with Gasteiger partial charge in [-0.15, -0.1) is 0 Å². The van der Waals surface area contributed by atoms with E-state index in [0.29, 0.717) is 18.4 Å². The van der Waals surface area contributed by atoms with Gasteiger partial charge >= 0.3 is 11.9 Å². The van der Waals surface area contributed by atoms with Gasteiger partial charge in [0.15, 0.2) is 11.8 Å². The lowest BCUT2D eigenvalue weighted by Gasteiger charge is -2.14. The molecule has 0 amide bonds. The van der Waals surface area contributed by atoms with Crippen LogP contribution in [0.3, 0.4) is 0 Å². The zero-order valence-corrected chi connectivity index (χ0v) is 17.3. The Labute approximate surface area is 176 Å². The first-order chi connectivity index (χ1) is 14.6. The summed E-state index contributed by atoms with van der Waals surface area (Å²) in [5.74, 6) is -2.17. The van der Waals surface area contributed by atoms with Gasteiger partial charge in [-0.05, 0) is 31.5 Å². The molecule has 6 heteroatoms. The lowest BCUT2D eigenvalue weighted by Crippen LogP contribution is -2.27. The van der Waals surface area contributed by atoms with Crippen LogP contribution in [0.1, 0.15) is 35.7 Å². The van der Waals surface area contributed by atoms with Crippen molar-refractivity contribution >= 4 is 23.9 Å². The van der Waals surface area contributed by atoms with E-state index in [0.717, 1.165) is 5.56 Å². The molecule has 0 aliphatic carbocycles. The molecule has 0 N–H and O–H groups in total. The standard InChI is InChI=1S/C24H27NO5/c1-3-30-23(27)20(22(26)19-13-8-5-9-14-19)15-10-16-25-21(24(28)29-2)17-18-11-6-4-7-12-18/h4-9,11-14,16,20-21H,3,10,15,17H2,1-2H3. The molecule has 158 valence electrons. The number of Topliss-reactive ketones (excluding diaryl/α,β-unsaturated/α-hetero) is 1. The molecule has 0 spiro atoms. The Bertz CT molecular complexity index is 848. The van der Waals surface area contributed by atoms with Gasteiger partial charge < -0.3 is 9.47 Å². The fraction of sp³-hybridized carbons (Fsp3) is 0.333. The summed E-state index contributed by atoms with van der Waals surface area (Å²) in [5, 5.41) is 0. The molecule has 0 heterocycles. The predicted octanol–water partition coefficient (Wildman–Crippen LogP) is 3.68. The molecular weight excluding hydrogens is 382 g/mol. The van der Waals surface area contributed by atoms with Crippen LogP contribution in [-0.2, 0) is 25.5 Å². The van der Waals surface area contributed by atoms with E-state index in [1.165, 1.54) is 7.11 Å². The molecule has 0 aliphatic heterocycles. The quantitative estimate of drug-likeness (QED) is 0.245. The molecule has 0 aliphatic rings. The average Bonchev–Trinajstić information content (AvgIpc) is 2.78. The summed E-state index contributed by atoms with van der Waals surface area (Å²) in [5.41, 5.74) is 1.43. The minimum atomic E-state index is -0.912. The summed E-state index contributed by atoms with van der Waals surface area (Å²) in [6, 6.07) is 17.5. The Kier molecular flexibility index (Phi) is 9.45. The number of esters is 2. The molecule has 30 heavy (non-hydrogen) atoms. The number of ketones is 1. The molecule has 6 nitrogen and oxygen atoms in total. The van der Waals surface area contributed by atoms with Crippen LogP contribution < -0.4 is 0 Å². The highest BCUT2D eigenvalue weighted by Gasteiger charge is 2.28. The first-order valence-corrected chi connectivity index (χ1v) is 9.96. The number of carbonyl (C=O) groups excluding carboxylic acids is 3. The summed E-state index contributed by atoms with van der Waals surface area (Å²) in [6.07, 6.45) is 2.59. The second-order valence-electron chi connectivity index (χ2n) is 6.67. The number of aliphatic imine (C=N–C) groups is 1. The third kappa shape index (κ3) is 6.95. The SMILES string of the molecule is CCOC(=O)C(CCC=NC(Cc1ccccc1)C(=O)OC)C(=O)c1ccccc1. The van der Waals surface area contributed by atoms with Gasteiger partial charge in [-0.3, -0.25) is 14.6 Å². The monoisotopic (exact) mass is 409 g/mol. The Morgan fingerprint density at radius 3 is 2.20 bits per heavy atom. The molecule has 2 unspecified atom stereocenters. The fourth-order valence-corrected chi connectivity index (χ4v) is 3.02. The lowest BCUT2D eigenvalue weighted by atomic mass is 9.93. The maximum absolute atomic E-state index is 12.8. The van der Waals surface area contributed by atoms with E-state index in [1.54, 1.807) is 37.4 Å². The highest BCUT2D eigenvalue weighted by molar-refractivity contribution is 6.08. The van der Waals surface area contributed by atoms with E-state index in [-0.39, 0.29) is 18.8 Å². The first kappa shape index (κ1) is 23.0. The molecule has 0 saturated heterocycles. The maximum atomic E-state index is 12.8. The van der Waals surface area contributed by atoms with E-state index in [2.05, 4.69) is 4.99 Å². The van der Waals surface area contributed by atoms with Gasteiger partial charge in [0, 0.05) is 12.0 Å². The Hall–Kier alpha value is -3.28. The van der Waals surface area contributed by atoms with E-state index in [9.17, 15) is 14.4 Å². The van der Waals surface area contributed by atoms with Crippen LogP contribution in [0.15, 0.2) is 65.7 Å². The molecule has 0 saturated carbocycles. The molecular formula is C24H27NO5. The average molecular weight is 409 g/mol. The number of ether oxygens (including phenoxy) is 2. The highest BCUT2D eigenvalue weighted by Crippen LogP contribution is 2.16. The summed E-state index contributed by atoms with van der Waals surface area (Å²) < 4.78 is 9.93. The largest absolute Gasteiger partial charge is 0.467 e. The van der Waals surface area contributed by atoms with Crippen molar-refractivity contribution in [3.05, 3.63) is 71.8 Å². The zero-order valence-electron chi connectivity index (χ0n) is 17.3. The maximum Gasteiger partial charge on any atom is 0.330 e. The van der Waals surface area contributed by atoms with Crippen LogP contribution >= 0.6 is 0 Å². The number of hydrogen-bond acceptors (Lipinski definition) is 6. The molecule has 2 aromatic rings. The van der Waals surface area contributed by atoms with Gasteiger partial charge in [0.05, 0.1) is 13.7 Å². The summed E-state index contributed by atoms with van der Waals surface area (Å²) >= 11 is 0. The molecule has 0 bridgehead atoms. The van der Waals surface area contributed by atoms with Crippen molar-refractivity contribution in [3.63, 3.8) is 0 Å². The highest BCUT2D eigenvalue weighted by atomic mass is 16.5. The van der Waals surface area contributed by atoms with Crippen molar-refractivity contribution in [1.29, 1.82) is 0 Å². The molecule has 2 aromatic carbocycles. The van der Waals surface area contributed by atoms with Crippen molar-refractivity contribution in [1.82, 2.24) is 0 Å². The Morgan fingerprint density at radius 1 is 0.967 bits per heavy atom. The number of carbonyl (C=O) groups is 3. The predicted molar refractivity (Wildman–Crippen MR) is 115 cm³/mol. The normalized spacial score (nSPS) is 12.9. The smallest absolute Gasteiger partial charge is 0.330 e. The van der Waals surface area contributed by atoms with Crippen molar-refractivity contribution in [2.24, 2.45) is 10.9 Å². The van der Waals surface area contributed by atoms with Gasteiger partial charge in [-0.2, -0.15) is 0 Å². The second kappa shape index (κ2) is 12.3. The molecule has 0 aromatic heterocycles. The number of benzene rings is 2. The van der Waals surface area contributed by atoms with Gasteiger partial charge in [0.2, 0.25) is 0 Å². The van der Waals surface area contributed by atoms with Crippen LogP contribution in [0.5, 0.6) is 0 Å². The number of hydrogen-bond donors (Lipinski definition) is 0. The van der Waals surface area contributed by atoms with Crippen LogP contribution in [0.4, 0.5) is 0 Å². The van der Waals surface area contributed by atoms with Crippen molar-refractivity contribution < 1.29 is 23.9 Å². The second-order valence-corrected chi connectivity index (χ2v) is 6.67. The van der Waals surface area contributed by atoms with Gasteiger partial charge in [0.1, 0.15) is 5.92 Å². The molecule has 2 rings (SSSR count). The van der Waals surface area contributed by atoms with Crippen LogP contribution in [-0.4, -0.2) is 43.7 Å². The van der Waals surface area contributed by atoms with Crippen LogP contribution in [0.25, 0.3) is 0 Å². The Morgan fingerprint density at radius 2 is 1.60 bits per heavy atom. The van der Waals surface area contributed by atoms with Crippen LogP contribution in [0, 0.1) is 5.92 Å². The topological polar surface area (TPSA) is 82.0 Å². The first-order valence-electron chi connectivity index (χ1n) is 9.96.